The Kier molecular flexibility index (Phi) is 6.40. The molecule has 2 amide bonds. The Hall–Kier alpha value is -2.08. The summed E-state index contributed by atoms with van der Waals surface area (Å²) in [5, 5.41) is 14.6. The number of likely N-dealkylation sites (tertiary alicyclic amines) is 1. The maximum absolute atomic E-state index is 11.9. The van der Waals surface area contributed by atoms with Crippen LogP contribution in [0.25, 0.3) is 0 Å². The van der Waals surface area contributed by atoms with Crippen LogP contribution in [0.2, 0.25) is 0 Å². The normalized spacial score (nSPS) is 18.4. The number of rotatable bonds is 6. The van der Waals surface area contributed by atoms with Gasteiger partial charge < -0.3 is 15.7 Å². The van der Waals surface area contributed by atoms with Gasteiger partial charge in [0, 0.05) is 19.1 Å². The van der Waals surface area contributed by atoms with Crippen molar-refractivity contribution in [3.8, 4) is 0 Å². The molecule has 0 spiro atoms. The third-order valence-electron chi connectivity index (χ3n) is 4.31. The summed E-state index contributed by atoms with van der Waals surface area (Å²) in [5.41, 5.74) is 1.12. The van der Waals surface area contributed by atoms with E-state index >= 15 is 0 Å². The van der Waals surface area contributed by atoms with Gasteiger partial charge in [-0.2, -0.15) is 0 Å². The summed E-state index contributed by atoms with van der Waals surface area (Å²) < 4.78 is 0. The smallest absolute Gasteiger partial charge is 0.335 e. The van der Waals surface area contributed by atoms with Crippen LogP contribution in [0, 0.1) is 0 Å². The number of aromatic carboxylic acids is 1. The van der Waals surface area contributed by atoms with Gasteiger partial charge in [-0.25, -0.2) is 9.59 Å². The molecule has 1 fully saturated rings. The molecule has 3 N–H and O–H groups in total. The first-order valence-corrected chi connectivity index (χ1v) is 8.18. The summed E-state index contributed by atoms with van der Waals surface area (Å²) in [6, 6.07) is 6.74. The van der Waals surface area contributed by atoms with Gasteiger partial charge in [0.25, 0.3) is 0 Å². The molecule has 0 radical (unpaired) electrons. The molecule has 1 unspecified atom stereocenters. The van der Waals surface area contributed by atoms with Crippen molar-refractivity contribution in [3.05, 3.63) is 35.4 Å². The van der Waals surface area contributed by atoms with Gasteiger partial charge in [-0.15, -0.1) is 0 Å². The van der Waals surface area contributed by atoms with Gasteiger partial charge in [0.1, 0.15) is 0 Å². The van der Waals surface area contributed by atoms with Crippen molar-refractivity contribution in [1.29, 1.82) is 0 Å². The minimum atomic E-state index is -0.949. The van der Waals surface area contributed by atoms with E-state index in [0.717, 1.165) is 25.1 Å². The van der Waals surface area contributed by atoms with Crippen LogP contribution < -0.4 is 10.6 Å². The number of likely N-dealkylation sites (N-methyl/N-ethyl adjacent to an activating group) is 1. The molecule has 1 aliphatic rings. The van der Waals surface area contributed by atoms with Crippen LogP contribution in [0.5, 0.6) is 0 Å². The molecule has 0 aliphatic carbocycles. The molecule has 6 heteroatoms. The summed E-state index contributed by atoms with van der Waals surface area (Å²) in [6.07, 6.45) is 3.59. The highest BCUT2D eigenvalue weighted by Gasteiger charge is 2.21. The molecule has 1 aromatic rings. The first kappa shape index (κ1) is 17.3. The van der Waals surface area contributed by atoms with Gasteiger partial charge in [-0.3, -0.25) is 4.90 Å². The highest BCUT2D eigenvalue weighted by molar-refractivity contribution is 5.87. The number of nitrogens with zero attached hydrogens (tertiary/aromatic N) is 1. The summed E-state index contributed by atoms with van der Waals surface area (Å²) in [7, 11) is 0. The summed E-state index contributed by atoms with van der Waals surface area (Å²) in [4.78, 5) is 25.1. The predicted molar refractivity (Wildman–Crippen MR) is 88.5 cm³/mol. The number of amides is 2. The number of benzene rings is 1. The Bertz CT molecular complexity index is 530. The first-order valence-electron chi connectivity index (χ1n) is 8.18. The van der Waals surface area contributed by atoms with E-state index < -0.39 is 5.97 Å². The Morgan fingerprint density at radius 3 is 2.61 bits per heavy atom. The number of nitrogens with one attached hydrogen (secondary N) is 2. The lowest BCUT2D eigenvalue weighted by Crippen LogP contribution is -2.48. The highest BCUT2D eigenvalue weighted by atomic mass is 16.4. The van der Waals surface area contributed by atoms with Crippen molar-refractivity contribution in [2.24, 2.45) is 0 Å². The Morgan fingerprint density at radius 2 is 1.96 bits per heavy atom. The number of carboxylic acid groups (broad SMARTS) is 1. The number of piperidine rings is 1. The number of hydrogen-bond acceptors (Lipinski definition) is 3. The number of carboxylic acids is 1. The Balaban J connectivity index is 1.73. The van der Waals surface area contributed by atoms with Crippen LogP contribution in [0.15, 0.2) is 24.3 Å². The zero-order valence-corrected chi connectivity index (χ0v) is 13.5. The zero-order chi connectivity index (χ0) is 16.7. The lowest BCUT2D eigenvalue weighted by atomic mass is 10.0. The molecule has 0 saturated carbocycles. The van der Waals surface area contributed by atoms with E-state index in [1.807, 2.05) is 0 Å². The van der Waals surface area contributed by atoms with Crippen LogP contribution in [0.4, 0.5) is 4.79 Å². The Morgan fingerprint density at radius 1 is 1.22 bits per heavy atom. The lowest BCUT2D eigenvalue weighted by molar-refractivity contribution is 0.0697. The molecule has 1 atom stereocenters. The number of hydrogen-bond donors (Lipinski definition) is 3. The second-order valence-corrected chi connectivity index (χ2v) is 5.84. The predicted octanol–water partition coefficient (Wildman–Crippen LogP) is 2.06. The van der Waals surface area contributed by atoms with E-state index in [9.17, 15) is 9.59 Å². The number of urea groups is 1. The monoisotopic (exact) mass is 319 g/mol. The fraction of sp³-hybridized carbons (Fsp3) is 0.529. The average molecular weight is 319 g/mol. The quantitative estimate of drug-likeness (QED) is 0.749. The maximum atomic E-state index is 11.9. The fourth-order valence-electron chi connectivity index (χ4n) is 2.93. The van der Waals surface area contributed by atoms with Crippen molar-refractivity contribution >= 4 is 12.0 Å². The van der Waals surface area contributed by atoms with Crippen molar-refractivity contribution in [2.45, 2.75) is 38.8 Å². The van der Waals surface area contributed by atoms with Crippen LogP contribution in [-0.4, -0.2) is 47.7 Å². The van der Waals surface area contributed by atoms with Crippen LogP contribution in [-0.2, 0) is 6.54 Å². The minimum Gasteiger partial charge on any atom is -0.478 e. The van der Waals surface area contributed by atoms with E-state index in [4.69, 9.17) is 5.11 Å². The van der Waals surface area contributed by atoms with Crippen molar-refractivity contribution in [3.63, 3.8) is 0 Å². The largest absolute Gasteiger partial charge is 0.478 e. The number of carbonyl (C=O) groups is 2. The second-order valence-electron chi connectivity index (χ2n) is 5.84. The van der Waals surface area contributed by atoms with Crippen molar-refractivity contribution in [1.82, 2.24) is 15.5 Å². The standard InChI is InChI=1S/C17H25N3O3/c1-2-20-10-4-3-5-15(20)12-19-17(23)18-11-13-6-8-14(9-7-13)16(21)22/h6-9,15H,2-5,10-12H2,1H3,(H,21,22)(H2,18,19,23). The second kappa shape index (κ2) is 8.53. The zero-order valence-electron chi connectivity index (χ0n) is 13.5. The van der Waals surface area contributed by atoms with Gasteiger partial charge in [-0.05, 0) is 43.6 Å². The molecule has 1 aromatic carbocycles. The topological polar surface area (TPSA) is 81.7 Å². The Labute approximate surface area is 136 Å². The molecule has 0 bridgehead atoms. The molecule has 126 valence electrons. The first-order chi connectivity index (χ1) is 11.1. The molecular formula is C17H25N3O3. The van der Waals surface area contributed by atoms with Crippen LogP contribution in [0.3, 0.4) is 0 Å². The third kappa shape index (κ3) is 5.25. The van der Waals surface area contributed by atoms with E-state index in [-0.39, 0.29) is 11.6 Å². The van der Waals surface area contributed by atoms with Crippen LogP contribution >= 0.6 is 0 Å². The third-order valence-corrected chi connectivity index (χ3v) is 4.31. The molecule has 0 aromatic heterocycles. The van der Waals surface area contributed by atoms with Gasteiger partial charge >= 0.3 is 12.0 Å². The van der Waals surface area contributed by atoms with E-state index in [1.54, 1.807) is 24.3 Å². The molecule has 2 rings (SSSR count). The fourth-order valence-corrected chi connectivity index (χ4v) is 2.93. The molecule has 1 saturated heterocycles. The van der Waals surface area contributed by atoms with Gasteiger partial charge in [0.05, 0.1) is 5.56 Å². The van der Waals surface area contributed by atoms with E-state index in [0.29, 0.717) is 19.1 Å². The summed E-state index contributed by atoms with van der Waals surface area (Å²) >= 11 is 0. The van der Waals surface area contributed by atoms with E-state index in [1.165, 1.54) is 12.8 Å². The summed E-state index contributed by atoms with van der Waals surface area (Å²) in [5.74, 6) is -0.949. The molecule has 1 heterocycles. The molecule has 6 nitrogen and oxygen atoms in total. The van der Waals surface area contributed by atoms with Crippen molar-refractivity contribution in [2.75, 3.05) is 19.6 Å². The van der Waals surface area contributed by atoms with Gasteiger partial charge in [0.15, 0.2) is 0 Å². The molecule has 23 heavy (non-hydrogen) atoms. The molecular weight excluding hydrogens is 294 g/mol. The lowest BCUT2D eigenvalue weighted by Gasteiger charge is -2.34. The van der Waals surface area contributed by atoms with Crippen LogP contribution in [0.1, 0.15) is 42.1 Å². The molecule has 1 aliphatic heterocycles. The SMILES string of the molecule is CCN1CCCCC1CNC(=O)NCc1ccc(C(=O)O)cc1. The highest BCUT2D eigenvalue weighted by Crippen LogP contribution is 2.15. The van der Waals surface area contributed by atoms with Gasteiger partial charge in [0.2, 0.25) is 0 Å². The van der Waals surface area contributed by atoms with Crippen molar-refractivity contribution < 1.29 is 14.7 Å². The minimum absolute atomic E-state index is 0.186. The maximum Gasteiger partial charge on any atom is 0.335 e. The summed E-state index contributed by atoms with van der Waals surface area (Å²) in [6.45, 7) is 5.33. The average Bonchev–Trinajstić information content (AvgIpc) is 2.58. The van der Waals surface area contributed by atoms with E-state index in [2.05, 4.69) is 22.5 Å². The van der Waals surface area contributed by atoms with Gasteiger partial charge in [-0.1, -0.05) is 25.5 Å². The number of carbonyl (C=O) groups excluding carboxylic acids is 1.